The molecule has 124 valence electrons. The first kappa shape index (κ1) is 16.2. The number of rotatable bonds is 5. The number of halogens is 1. The Labute approximate surface area is 138 Å². The van der Waals surface area contributed by atoms with Gasteiger partial charge in [0.2, 0.25) is 0 Å². The topological polar surface area (TPSA) is 21.1 Å². The van der Waals surface area contributed by atoms with Crippen molar-refractivity contribution in [3.8, 4) is 0 Å². The standard InChI is InChI=1S/C19H26FN3/c1-15-18(12-21-22(15)2)14-23-11-3-4-17(13-23)6-5-16-7-9-19(20)10-8-16/h7-10,12,17H,3-6,11,13-14H2,1-2H3/t17-/m1/s1. The fourth-order valence-electron chi connectivity index (χ4n) is 3.49. The van der Waals surface area contributed by atoms with E-state index in [1.165, 1.54) is 42.6 Å². The summed E-state index contributed by atoms with van der Waals surface area (Å²) in [6, 6.07) is 6.95. The van der Waals surface area contributed by atoms with Gasteiger partial charge in [0.25, 0.3) is 0 Å². The maximum Gasteiger partial charge on any atom is 0.123 e. The summed E-state index contributed by atoms with van der Waals surface area (Å²) in [6.07, 6.45) is 6.81. The third-order valence-electron chi connectivity index (χ3n) is 5.09. The summed E-state index contributed by atoms with van der Waals surface area (Å²) in [7, 11) is 2.00. The summed E-state index contributed by atoms with van der Waals surface area (Å²) in [5, 5.41) is 4.34. The first-order valence-electron chi connectivity index (χ1n) is 8.56. The van der Waals surface area contributed by atoms with Crippen molar-refractivity contribution >= 4 is 0 Å². The number of piperidine rings is 1. The minimum Gasteiger partial charge on any atom is -0.299 e. The summed E-state index contributed by atoms with van der Waals surface area (Å²) in [5.74, 6) is 0.593. The average molecular weight is 315 g/mol. The first-order chi connectivity index (χ1) is 11.1. The lowest BCUT2D eigenvalue weighted by Gasteiger charge is -2.32. The molecule has 4 heteroatoms. The molecule has 0 saturated carbocycles. The van der Waals surface area contributed by atoms with Crippen molar-refractivity contribution < 1.29 is 4.39 Å². The third-order valence-corrected chi connectivity index (χ3v) is 5.09. The van der Waals surface area contributed by atoms with Crippen molar-refractivity contribution in [3.05, 3.63) is 53.1 Å². The number of aromatic nitrogens is 2. The van der Waals surface area contributed by atoms with E-state index in [0.29, 0.717) is 0 Å². The zero-order valence-corrected chi connectivity index (χ0v) is 14.1. The quantitative estimate of drug-likeness (QED) is 0.838. The number of nitrogens with zero attached hydrogens (tertiary/aromatic N) is 3. The average Bonchev–Trinajstić information content (AvgIpc) is 2.87. The van der Waals surface area contributed by atoms with Gasteiger partial charge in [0.05, 0.1) is 6.20 Å². The van der Waals surface area contributed by atoms with Gasteiger partial charge in [0.15, 0.2) is 0 Å². The molecule has 23 heavy (non-hydrogen) atoms. The van der Waals surface area contributed by atoms with E-state index < -0.39 is 0 Å². The number of likely N-dealkylation sites (tertiary alicyclic amines) is 1. The van der Waals surface area contributed by atoms with E-state index in [1.54, 1.807) is 12.1 Å². The molecule has 0 unspecified atom stereocenters. The fourth-order valence-corrected chi connectivity index (χ4v) is 3.49. The molecule has 0 bridgehead atoms. The molecule has 0 amide bonds. The van der Waals surface area contributed by atoms with E-state index >= 15 is 0 Å². The zero-order chi connectivity index (χ0) is 16.2. The summed E-state index contributed by atoms with van der Waals surface area (Å²) in [4.78, 5) is 2.56. The lowest BCUT2D eigenvalue weighted by atomic mass is 9.91. The van der Waals surface area contributed by atoms with Gasteiger partial charge < -0.3 is 0 Å². The van der Waals surface area contributed by atoms with E-state index in [1.807, 2.05) is 30.1 Å². The van der Waals surface area contributed by atoms with Crippen molar-refractivity contribution in [1.82, 2.24) is 14.7 Å². The highest BCUT2D eigenvalue weighted by Gasteiger charge is 2.20. The van der Waals surface area contributed by atoms with Gasteiger partial charge in [0.1, 0.15) is 5.82 Å². The van der Waals surface area contributed by atoms with Crippen molar-refractivity contribution in [3.63, 3.8) is 0 Å². The number of benzene rings is 1. The minimum absolute atomic E-state index is 0.149. The van der Waals surface area contributed by atoms with E-state index in [4.69, 9.17) is 0 Å². The molecule has 1 aliphatic heterocycles. The maximum absolute atomic E-state index is 13.0. The number of hydrogen-bond acceptors (Lipinski definition) is 2. The zero-order valence-electron chi connectivity index (χ0n) is 14.1. The highest BCUT2D eigenvalue weighted by atomic mass is 19.1. The van der Waals surface area contributed by atoms with Crippen LogP contribution in [0, 0.1) is 18.7 Å². The van der Waals surface area contributed by atoms with Crippen LogP contribution in [-0.4, -0.2) is 27.8 Å². The Bertz CT molecular complexity index is 633. The van der Waals surface area contributed by atoms with Gasteiger partial charge in [-0.3, -0.25) is 9.58 Å². The van der Waals surface area contributed by atoms with E-state index in [2.05, 4.69) is 16.9 Å². The van der Waals surface area contributed by atoms with Crippen LogP contribution < -0.4 is 0 Å². The molecule has 1 aromatic heterocycles. The van der Waals surface area contributed by atoms with E-state index in [0.717, 1.165) is 25.4 Å². The molecule has 3 nitrogen and oxygen atoms in total. The molecule has 1 aromatic carbocycles. The summed E-state index contributed by atoms with van der Waals surface area (Å²) in [6.45, 7) is 5.49. The molecule has 0 N–H and O–H groups in total. The minimum atomic E-state index is -0.149. The second kappa shape index (κ2) is 7.26. The van der Waals surface area contributed by atoms with Crippen molar-refractivity contribution in [2.24, 2.45) is 13.0 Å². The molecule has 3 rings (SSSR count). The Hall–Kier alpha value is -1.68. The van der Waals surface area contributed by atoms with Crippen LogP contribution in [0.2, 0.25) is 0 Å². The van der Waals surface area contributed by atoms with Crippen LogP contribution in [0.5, 0.6) is 0 Å². The second-order valence-electron chi connectivity index (χ2n) is 6.79. The van der Waals surface area contributed by atoms with Crippen molar-refractivity contribution in [2.45, 2.75) is 39.2 Å². The monoisotopic (exact) mass is 315 g/mol. The molecule has 2 aromatic rings. The summed E-state index contributed by atoms with van der Waals surface area (Å²) in [5.41, 5.74) is 3.84. The van der Waals surface area contributed by atoms with E-state index in [-0.39, 0.29) is 5.82 Å². The van der Waals surface area contributed by atoms with Gasteiger partial charge in [-0.25, -0.2) is 4.39 Å². The Morgan fingerprint density at radius 1 is 1.26 bits per heavy atom. The van der Waals surface area contributed by atoms with Crippen molar-refractivity contribution in [1.29, 1.82) is 0 Å². The Balaban J connectivity index is 1.51. The molecule has 1 aliphatic rings. The van der Waals surface area contributed by atoms with Crippen molar-refractivity contribution in [2.75, 3.05) is 13.1 Å². The lowest BCUT2D eigenvalue weighted by molar-refractivity contribution is 0.161. The molecular weight excluding hydrogens is 289 g/mol. The molecule has 2 heterocycles. The van der Waals surface area contributed by atoms with Gasteiger partial charge in [-0.1, -0.05) is 12.1 Å². The molecule has 0 radical (unpaired) electrons. The highest BCUT2D eigenvalue weighted by Crippen LogP contribution is 2.23. The maximum atomic E-state index is 13.0. The smallest absolute Gasteiger partial charge is 0.123 e. The van der Waals surface area contributed by atoms with Crippen LogP contribution in [0.4, 0.5) is 4.39 Å². The third kappa shape index (κ3) is 4.20. The molecule has 1 fully saturated rings. The Kier molecular flexibility index (Phi) is 5.11. The largest absolute Gasteiger partial charge is 0.299 e. The predicted octanol–water partition coefficient (Wildman–Crippen LogP) is 3.71. The van der Waals surface area contributed by atoms with Gasteiger partial charge in [-0.05, 0) is 62.8 Å². The van der Waals surface area contributed by atoms with Gasteiger partial charge >= 0.3 is 0 Å². The van der Waals surface area contributed by atoms with Gasteiger partial charge in [-0.2, -0.15) is 5.10 Å². The Morgan fingerprint density at radius 3 is 2.74 bits per heavy atom. The molecule has 1 atom stereocenters. The van der Waals surface area contributed by atoms with Crippen LogP contribution in [0.15, 0.2) is 30.5 Å². The molecule has 0 spiro atoms. The van der Waals surface area contributed by atoms with Crippen LogP contribution in [-0.2, 0) is 20.0 Å². The molecular formula is C19H26FN3. The predicted molar refractivity (Wildman–Crippen MR) is 90.7 cm³/mol. The van der Waals surface area contributed by atoms with Gasteiger partial charge in [0, 0.05) is 31.4 Å². The second-order valence-corrected chi connectivity index (χ2v) is 6.79. The van der Waals surface area contributed by atoms with E-state index in [9.17, 15) is 4.39 Å². The van der Waals surface area contributed by atoms with Crippen LogP contribution in [0.3, 0.4) is 0 Å². The van der Waals surface area contributed by atoms with Gasteiger partial charge in [-0.15, -0.1) is 0 Å². The number of hydrogen-bond donors (Lipinski definition) is 0. The van der Waals surface area contributed by atoms with Crippen LogP contribution in [0.25, 0.3) is 0 Å². The molecule has 0 aliphatic carbocycles. The lowest BCUT2D eigenvalue weighted by Crippen LogP contribution is -2.35. The summed E-state index contributed by atoms with van der Waals surface area (Å²) >= 11 is 0. The van der Waals surface area contributed by atoms with Crippen LogP contribution in [0.1, 0.15) is 36.1 Å². The Morgan fingerprint density at radius 2 is 2.04 bits per heavy atom. The number of aryl methyl sites for hydroxylation is 2. The first-order valence-corrected chi connectivity index (χ1v) is 8.56. The molecule has 1 saturated heterocycles. The SMILES string of the molecule is Cc1c(CN2CCC[C@H](CCc3ccc(F)cc3)C2)cnn1C. The normalized spacial score (nSPS) is 19.2. The highest BCUT2D eigenvalue weighted by molar-refractivity contribution is 5.17. The summed E-state index contributed by atoms with van der Waals surface area (Å²) < 4.78 is 14.9. The fraction of sp³-hybridized carbons (Fsp3) is 0.526. The van der Waals surface area contributed by atoms with Crippen LogP contribution >= 0.6 is 0 Å².